The first kappa shape index (κ1) is 41.2. The van der Waals surface area contributed by atoms with Crippen LogP contribution in [0.15, 0.2) is 48.7 Å². The van der Waals surface area contributed by atoms with E-state index < -0.39 is 29.7 Å². The number of piperazine rings is 1. The van der Waals surface area contributed by atoms with Gasteiger partial charge in [-0.25, -0.2) is 0 Å². The minimum Gasteiger partial charge on any atom is -0.495 e. The first-order chi connectivity index (χ1) is 28.5. The second kappa shape index (κ2) is 17.9. The molecule has 59 heavy (non-hydrogen) atoms. The number of carbonyl (C=O) groups is 5. The predicted molar refractivity (Wildman–Crippen MR) is 218 cm³/mol. The Bertz CT molecular complexity index is 2390. The van der Waals surface area contributed by atoms with Crippen molar-refractivity contribution in [3.8, 4) is 23.3 Å². The summed E-state index contributed by atoms with van der Waals surface area (Å²) in [4.78, 5) is 73.4. The molecule has 2 saturated heterocycles. The van der Waals surface area contributed by atoms with Crippen molar-refractivity contribution in [1.82, 2.24) is 25.0 Å². The first-order valence-electron chi connectivity index (χ1n) is 19.2. The van der Waals surface area contributed by atoms with Crippen LogP contribution in [0, 0.1) is 11.3 Å². The third kappa shape index (κ3) is 8.61. The number of nitrogens with one attached hydrogen (secondary N) is 2. The van der Waals surface area contributed by atoms with Gasteiger partial charge in [-0.2, -0.15) is 5.26 Å². The Morgan fingerprint density at radius 2 is 1.75 bits per heavy atom. The average molecular weight is 843 g/mol. The Kier molecular flexibility index (Phi) is 12.5. The van der Waals surface area contributed by atoms with Crippen molar-refractivity contribution >= 4 is 75.0 Å². The number of aromatic nitrogens is 1. The fourth-order valence-electron chi connectivity index (χ4n) is 7.68. The quantitative estimate of drug-likeness (QED) is 0.120. The number of hydrogen-bond donors (Lipinski definition) is 2. The van der Waals surface area contributed by atoms with E-state index in [1.165, 1.54) is 13.3 Å². The number of imide groups is 2. The maximum Gasteiger partial charge on any atom is 0.262 e. The van der Waals surface area contributed by atoms with Crippen molar-refractivity contribution in [3.05, 3.63) is 81.0 Å². The monoisotopic (exact) mass is 841 g/mol. The number of piperidine rings is 1. The van der Waals surface area contributed by atoms with E-state index in [-0.39, 0.29) is 36.3 Å². The molecular weight excluding hydrogens is 801 g/mol. The number of anilines is 2. The number of amides is 5. The smallest absolute Gasteiger partial charge is 0.262 e. The fourth-order valence-corrected chi connectivity index (χ4v) is 8.19. The number of halogens is 2. The molecule has 4 aromatic rings. The lowest BCUT2D eigenvalue weighted by Gasteiger charge is -2.34. The average Bonchev–Trinajstić information content (AvgIpc) is 3.49. The Morgan fingerprint density at radius 3 is 2.47 bits per heavy atom. The fraction of sp³-hybridized carbons (Fsp3) is 0.357. The van der Waals surface area contributed by atoms with Crippen LogP contribution in [0.1, 0.15) is 63.9 Å². The van der Waals surface area contributed by atoms with Crippen molar-refractivity contribution in [2.45, 2.75) is 44.6 Å². The van der Waals surface area contributed by atoms with E-state index >= 15 is 0 Å². The molecule has 2 N–H and O–H groups in total. The molecule has 0 saturated carbocycles. The molecule has 1 unspecified atom stereocenters. The van der Waals surface area contributed by atoms with E-state index in [9.17, 15) is 29.2 Å². The molecule has 306 valence electrons. The van der Waals surface area contributed by atoms with E-state index in [0.29, 0.717) is 106 Å². The zero-order chi connectivity index (χ0) is 41.8. The molecule has 7 rings (SSSR count). The molecular formula is C42H41Cl2N7O8. The van der Waals surface area contributed by atoms with Gasteiger partial charge in [0.2, 0.25) is 17.7 Å². The normalized spacial score (nSPS) is 16.8. The van der Waals surface area contributed by atoms with Gasteiger partial charge >= 0.3 is 0 Å². The number of methoxy groups -OCH3 is 2. The molecule has 0 radical (unpaired) electrons. The third-order valence-corrected chi connectivity index (χ3v) is 11.4. The van der Waals surface area contributed by atoms with Crippen LogP contribution < -0.4 is 24.8 Å². The molecule has 3 aromatic carbocycles. The van der Waals surface area contributed by atoms with Crippen molar-refractivity contribution in [1.29, 1.82) is 5.26 Å². The van der Waals surface area contributed by atoms with E-state index in [1.807, 2.05) is 4.90 Å². The highest BCUT2D eigenvalue weighted by molar-refractivity contribution is 6.37. The minimum atomic E-state index is -1.03. The number of nitrogens with zero attached hydrogens (tertiary/aromatic N) is 5. The van der Waals surface area contributed by atoms with Crippen molar-refractivity contribution in [3.63, 3.8) is 0 Å². The molecule has 0 spiro atoms. The molecule has 2 fully saturated rings. The van der Waals surface area contributed by atoms with Gasteiger partial charge in [-0.1, -0.05) is 35.3 Å². The SMILES string of the molecule is COc1cc(Nc2c(C#N)cnc3cc(OCCCN4CCN(C(=O)CCCc5cccc6c5C(=O)N(C5CCC(=O)NC5=O)C6=O)CC4)c(OC)cc23)c(Cl)cc1Cl. The number of aryl methyl sites for hydroxylation is 1. The molecule has 0 bridgehead atoms. The Morgan fingerprint density at radius 1 is 0.966 bits per heavy atom. The van der Waals surface area contributed by atoms with Crippen LogP contribution >= 0.6 is 23.2 Å². The molecule has 15 nitrogen and oxygen atoms in total. The number of ether oxygens (including phenoxy) is 3. The summed E-state index contributed by atoms with van der Waals surface area (Å²) >= 11 is 12.7. The van der Waals surface area contributed by atoms with Crippen LogP contribution in [0.2, 0.25) is 10.0 Å². The summed E-state index contributed by atoms with van der Waals surface area (Å²) in [6, 6.07) is 12.9. The summed E-state index contributed by atoms with van der Waals surface area (Å²) in [7, 11) is 3.04. The highest BCUT2D eigenvalue weighted by atomic mass is 35.5. The second-order valence-corrected chi connectivity index (χ2v) is 15.1. The molecule has 4 heterocycles. The van der Waals surface area contributed by atoms with Gasteiger partial charge in [0.25, 0.3) is 11.8 Å². The van der Waals surface area contributed by atoms with E-state index in [0.717, 1.165) is 17.9 Å². The lowest BCUT2D eigenvalue weighted by Crippen LogP contribution is -2.54. The Balaban J connectivity index is 0.885. The summed E-state index contributed by atoms with van der Waals surface area (Å²) in [5.41, 5.74) is 3.01. The van der Waals surface area contributed by atoms with Crippen LogP contribution in [0.5, 0.6) is 17.2 Å². The number of nitriles is 1. The first-order valence-corrected chi connectivity index (χ1v) is 19.9. The van der Waals surface area contributed by atoms with Gasteiger partial charge in [0.1, 0.15) is 17.9 Å². The maximum atomic E-state index is 13.4. The summed E-state index contributed by atoms with van der Waals surface area (Å²) in [6.07, 6.45) is 3.54. The number of benzene rings is 3. The lowest BCUT2D eigenvalue weighted by atomic mass is 9.98. The van der Waals surface area contributed by atoms with E-state index in [1.54, 1.807) is 49.6 Å². The minimum absolute atomic E-state index is 0.0291. The summed E-state index contributed by atoms with van der Waals surface area (Å²) in [5.74, 6) is -0.745. The summed E-state index contributed by atoms with van der Waals surface area (Å²) in [6.45, 7) is 3.79. The van der Waals surface area contributed by atoms with Gasteiger partial charge in [-0.05, 0) is 49.4 Å². The van der Waals surface area contributed by atoms with Crippen LogP contribution in [0.3, 0.4) is 0 Å². The summed E-state index contributed by atoms with van der Waals surface area (Å²) in [5, 5.41) is 16.7. The topological polar surface area (TPSA) is 183 Å². The van der Waals surface area contributed by atoms with Crippen LogP contribution in [0.25, 0.3) is 10.9 Å². The van der Waals surface area contributed by atoms with Gasteiger partial charge in [0.05, 0.1) is 64.5 Å². The van der Waals surface area contributed by atoms with Gasteiger partial charge in [0.15, 0.2) is 11.5 Å². The Labute approximate surface area is 350 Å². The molecule has 0 aliphatic carbocycles. The number of pyridine rings is 1. The van der Waals surface area contributed by atoms with E-state index in [4.69, 9.17) is 37.4 Å². The predicted octanol–water partition coefficient (Wildman–Crippen LogP) is 5.51. The Hall–Kier alpha value is -5.95. The van der Waals surface area contributed by atoms with Crippen LogP contribution in [-0.4, -0.2) is 109 Å². The molecule has 1 atom stereocenters. The lowest BCUT2D eigenvalue weighted by molar-refractivity contribution is -0.136. The van der Waals surface area contributed by atoms with Gasteiger partial charge in [-0.3, -0.25) is 44.1 Å². The van der Waals surface area contributed by atoms with Gasteiger partial charge in [-0.15, -0.1) is 0 Å². The second-order valence-electron chi connectivity index (χ2n) is 14.3. The number of hydrogen-bond acceptors (Lipinski definition) is 12. The maximum absolute atomic E-state index is 13.4. The zero-order valence-electron chi connectivity index (χ0n) is 32.4. The summed E-state index contributed by atoms with van der Waals surface area (Å²) < 4.78 is 17.2. The van der Waals surface area contributed by atoms with E-state index in [2.05, 4.69) is 26.6 Å². The molecule has 17 heteroatoms. The largest absolute Gasteiger partial charge is 0.495 e. The van der Waals surface area contributed by atoms with Crippen LogP contribution in [0.4, 0.5) is 11.4 Å². The van der Waals surface area contributed by atoms with Gasteiger partial charge in [0, 0.05) is 69.3 Å². The molecule has 5 amide bonds. The zero-order valence-corrected chi connectivity index (χ0v) is 34.0. The number of fused-ring (bicyclic) bond motifs is 2. The van der Waals surface area contributed by atoms with Crippen molar-refractivity contribution < 1.29 is 38.2 Å². The van der Waals surface area contributed by atoms with Crippen molar-refractivity contribution in [2.24, 2.45) is 0 Å². The molecule has 1 aromatic heterocycles. The standard InChI is InChI=1S/C42H41Cl2N7O8/c1-57-33-21-31(28(43)19-29(33)44)47-39-25(22-45)23-46-30-20-35(34(58-2)18-27(30)39)59-17-5-12-49-13-15-50(16-14-49)37(53)9-4-7-24-6-3-8-26-38(24)42(56)51(41(26)55)32-10-11-36(52)48-40(32)54/h3,6,8,18-21,23,32H,4-5,7,9-17H2,1-2H3,(H,46,47)(H,48,52,54). The van der Waals surface area contributed by atoms with Crippen LogP contribution in [-0.2, 0) is 20.8 Å². The highest BCUT2D eigenvalue weighted by Crippen LogP contribution is 2.40. The van der Waals surface area contributed by atoms with Crippen molar-refractivity contribution in [2.75, 3.05) is 58.9 Å². The molecule has 3 aliphatic heterocycles. The third-order valence-electron chi connectivity index (χ3n) is 10.8. The highest BCUT2D eigenvalue weighted by Gasteiger charge is 2.45. The number of carbonyl (C=O) groups excluding carboxylic acids is 5. The number of rotatable bonds is 14. The van der Waals surface area contributed by atoms with Gasteiger partial charge < -0.3 is 24.4 Å². The molecule has 3 aliphatic rings.